The minimum Gasteiger partial charge on any atom is -0.381 e. The number of ether oxygens (including phenoxy) is 1. The van der Waals surface area contributed by atoms with E-state index in [1.165, 1.54) is 30.4 Å². The lowest BCUT2D eigenvalue weighted by atomic mass is 10.0. The Labute approximate surface area is 146 Å². The van der Waals surface area contributed by atoms with Crippen molar-refractivity contribution < 1.29 is 4.74 Å². The number of aliphatic imine (C=N–C) groups is 1. The lowest BCUT2D eigenvalue weighted by Crippen LogP contribution is -2.39. The van der Waals surface area contributed by atoms with E-state index in [-0.39, 0.29) is 0 Å². The first-order chi connectivity index (χ1) is 11.8. The number of nitrogens with one attached hydrogen (secondary N) is 2. The van der Waals surface area contributed by atoms with Gasteiger partial charge < -0.3 is 15.4 Å². The maximum absolute atomic E-state index is 5.67. The Balaban J connectivity index is 1.40. The van der Waals surface area contributed by atoms with Gasteiger partial charge in [-0.25, -0.2) is 0 Å². The number of hydrogen-bond acceptors (Lipinski definition) is 2. The average molecular weight is 329 g/mol. The lowest BCUT2D eigenvalue weighted by molar-refractivity contribution is 0.123. The van der Waals surface area contributed by atoms with Crippen molar-refractivity contribution in [1.29, 1.82) is 0 Å². The average Bonchev–Trinajstić information content (AvgIpc) is 3.48. The molecule has 0 spiro atoms. The van der Waals surface area contributed by atoms with Gasteiger partial charge in [0, 0.05) is 38.3 Å². The molecule has 2 aliphatic carbocycles. The Morgan fingerprint density at radius 3 is 2.88 bits per heavy atom. The van der Waals surface area contributed by atoms with Crippen molar-refractivity contribution in [2.75, 3.05) is 26.3 Å². The van der Waals surface area contributed by atoms with E-state index < -0.39 is 0 Å². The monoisotopic (exact) mass is 329 g/mol. The van der Waals surface area contributed by atoms with E-state index in [2.05, 4.69) is 48.7 Å². The van der Waals surface area contributed by atoms with Crippen LogP contribution in [0.5, 0.6) is 0 Å². The van der Waals surface area contributed by atoms with Crippen LogP contribution in [0.2, 0.25) is 0 Å². The van der Waals surface area contributed by atoms with Gasteiger partial charge in [-0.1, -0.05) is 24.3 Å². The summed E-state index contributed by atoms with van der Waals surface area (Å²) < 4.78 is 5.67. The lowest BCUT2D eigenvalue weighted by Gasteiger charge is -2.12. The number of rotatable bonds is 9. The topological polar surface area (TPSA) is 45.7 Å². The summed E-state index contributed by atoms with van der Waals surface area (Å²) in [5, 5.41) is 6.94. The summed E-state index contributed by atoms with van der Waals surface area (Å²) >= 11 is 0. The number of hydrogen-bond donors (Lipinski definition) is 2. The Bertz CT molecular complexity index is 554. The third-order valence-corrected chi connectivity index (χ3v) is 4.81. The van der Waals surface area contributed by atoms with Crippen molar-refractivity contribution in [3.8, 4) is 0 Å². The van der Waals surface area contributed by atoms with E-state index >= 15 is 0 Å². The van der Waals surface area contributed by atoms with Gasteiger partial charge in [0.2, 0.25) is 0 Å². The molecule has 2 atom stereocenters. The molecule has 2 aliphatic rings. The number of nitrogens with zero attached hydrogens (tertiary/aromatic N) is 1. The quantitative estimate of drug-likeness (QED) is 0.415. The molecule has 2 saturated carbocycles. The smallest absolute Gasteiger partial charge is 0.191 e. The van der Waals surface area contributed by atoms with E-state index in [1.54, 1.807) is 0 Å². The van der Waals surface area contributed by atoms with Crippen LogP contribution in [0.4, 0.5) is 0 Å². The van der Waals surface area contributed by atoms with Crippen molar-refractivity contribution in [3.05, 3.63) is 35.4 Å². The highest BCUT2D eigenvalue weighted by Gasteiger charge is 2.39. The zero-order chi connectivity index (χ0) is 16.8. The molecule has 0 saturated heterocycles. The standard InChI is InChI=1S/C20H31N3O/c1-3-21-20(22-11-6-12-24-14-16-9-10-16)23-19-13-18(19)17-8-5-4-7-15(17)2/h4-5,7-8,16,18-19H,3,6,9-14H2,1-2H3,(H2,21,22,23). The van der Waals surface area contributed by atoms with Crippen molar-refractivity contribution >= 4 is 5.96 Å². The second-order valence-electron chi connectivity index (χ2n) is 7.08. The SMILES string of the molecule is CCNC(=NCCCOCC1CC1)NC1CC1c1ccccc1C. The first kappa shape index (κ1) is 17.3. The van der Waals surface area contributed by atoms with Crippen molar-refractivity contribution in [2.45, 2.75) is 51.5 Å². The second kappa shape index (κ2) is 8.52. The summed E-state index contributed by atoms with van der Waals surface area (Å²) in [6.07, 6.45) is 4.90. The van der Waals surface area contributed by atoms with Gasteiger partial charge >= 0.3 is 0 Å². The highest BCUT2D eigenvalue weighted by molar-refractivity contribution is 5.80. The van der Waals surface area contributed by atoms with E-state index in [9.17, 15) is 0 Å². The van der Waals surface area contributed by atoms with Gasteiger partial charge in [0.15, 0.2) is 5.96 Å². The molecule has 0 bridgehead atoms. The maximum atomic E-state index is 5.67. The summed E-state index contributed by atoms with van der Waals surface area (Å²) in [6.45, 7) is 7.80. The van der Waals surface area contributed by atoms with Crippen LogP contribution >= 0.6 is 0 Å². The van der Waals surface area contributed by atoms with Crippen LogP contribution in [0.25, 0.3) is 0 Å². The summed E-state index contributed by atoms with van der Waals surface area (Å²) in [6, 6.07) is 9.21. The van der Waals surface area contributed by atoms with Crippen LogP contribution in [-0.2, 0) is 4.74 Å². The Hall–Kier alpha value is -1.55. The van der Waals surface area contributed by atoms with Crippen molar-refractivity contribution in [2.24, 2.45) is 10.9 Å². The van der Waals surface area contributed by atoms with Crippen LogP contribution in [0.3, 0.4) is 0 Å². The molecular weight excluding hydrogens is 298 g/mol. The van der Waals surface area contributed by atoms with E-state index in [0.717, 1.165) is 44.6 Å². The molecule has 3 rings (SSSR count). The molecule has 1 aromatic carbocycles. The molecule has 0 amide bonds. The van der Waals surface area contributed by atoms with Crippen LogP contribution in [0.15, 0.2) is 29.3 Å². The first-order valence-electron chi connectivity index (χ1n) is 9.46. The molecule has 2 fully saturated rings. The van der Waals surface area contributed by atoms with Gasteiger partial charge in [-0.3, -0.25) is 4.99 Å². The molecule has 1 aromatic rings. The van der Waals surface area contributed by atoms with Gasteiger partial charge in [0.05, 0.1) is 0 Å². The zero-order valence-corrected chi connectivity index (χ0v) is 15.1. The fourth-order valence-electron chi connectivity index (χ4n) is 3.09. The normalized spacial score (nSPS) is 23.2. The minimum absolute atomic E-state index is 0.509. The van der Waals surface area contributed by atoms with Gasteiger partial charge in [-0.05, 0) is 56.6 Å². The zero-order valence-electron chi connectivity index (χ0n) is 15.1. The molecule has 4 nitrogen and oxygen atoms in total. The van der Waals surface area contributed by atoms with Crippen LogP contribution in [-0.4, -0.2) is 38.3 Å². The largest absolute Gasteiger partial charge is 0.381 e. The molecule has 24 heavy (non-hydrogen) atoms. The van der Waals surface area contributed by atoms with Crippen LogP contribution in [0, 0.1) is 12.8 Å². The van der Waals surface area contributed by atoms with E-state index in [4.69, 9.17) is 9.73 Å². The predicted molar refractivity (Wildman–Crippen MR) is 99.6 cm³/mol. The predicted octanol–water partition coefficient (Wildman–Crippen LogP) is 3.22. The summed E-state index contributed by atoms with van der Waals surface area (Å²) in [4.78, 5) is 4.69. The third kappa shape index (κ3) is 5.23. The Morgan fingerprint density at radius 2 is 2.12 bits per heavy atom. The third-order valence-electron chi connectivity index (χ3n) is 4.81. The summed E-state index contributed by atoms with van der Waals surface area (Å²) in [5.41, 5.74) is 2.86. The number of benzene rings is 1. The Morgan fingerprint density at radius 1 is 1.29 bits per heavy atom. The fourth-order valence-corrected chi connectivity index (χ4v) is 3.09. The van der Waals surface area contributed by atoms with Crippen molar-refractivity contribution in [1.82, 2.24) is 10.6 Å². The molecule has 4 heteroatoms. The maximum Gasteiger partial charge on any atom is 0.191 e. The number of guanidine groups is 1. The van der Waals surface area contributed by atoms with Crippen LogP contribution < -0.4 is 10.6 Å². The van der Waals surface area contributed by atoms with Gasteiger partial charge in [-0.15, -0.1) is 0 Å². The van der Waals surface area contributed by atoms with Gasteiger partial charge in [0.1, 0.15) is 0 Å². The molecule has 0 radical (unpaired) electrons. The van der Waals surface area contributed by atoms with E-state index in [0.29, 0.717) is 12.0 Å². The highest BCUT2D eigenvalue weighted by atomic mass is 16.5. The van der Waals surface area contributed by atoms with Gasteiger partial charge in [-0.2, -0.15) is 0 Å². The molecular formula is C20H31N3O. The minimum atomic E-state index is 0.509. The molecule has 132 valence electrons. The molecule has 0 heterocycles. The Kier molecular flexibility index (Phi) is 6.13. The number of aryl methyl sites for hydroxylation is 1. The highest BCUT2D eigenvalue weighted by Crippen LogP contribution is 2.42. The fraction of sp³-hybridized carbons (Fsp3) is 0.650. The summed E-state index contributed by atoms with van der Waals surface area (Å²) in [7, 11) is 0. The molecule has 2 N–H and O–H groups in total. The van der Waals surface area contributed by atoms with Gasteiger partial charge in [0.25, 0.3) is 0 Å². The van der Waals surface area contributed by atoms with E-state index in [1.807, 2.05) is 0 Å². The molecule has 2 unspecified atom stereocenters. The van der Waals surface area contributed by atoms with Crippen molar-refractivity contribution in [3.63, 3.8) is 0 Å². The second-order valence-corrected chi connectivity index (χ2v) is 7.08. The summed E-state index contributed by atoms with van der Waals surface area (Å²) in [5.74, 6) is 2.42. The first-order valence-corrected chi connectivity index (χ1v) is 9.46. The molecule has 0 aliphatic heterocycles. The van der Waals surface area contributed by atoms with Crippen LogP contribution in [0.1, 0.15) is 49.7 Å². The molecule has 0 aromatic heterocycles.